The van der Waals surface area contributed by atoms with Gasteiger partial charge in [0.05, 0.1) is 14.1 Å². The van der Waals surface area contributed by atoms with Crippen LogP contribution in [0.5, 0.6) is 0 Å². The van der Waals surface area contributed by atoms with Crippen molar-refractivity contribution in [1.29, 1.82) is 0 Å². The van der Waals surface area contributed by atoms with E-state index in [1.807, 2.05) is 6.08 Å². The standard InChI is InChI=1S/C24H47NO3/c1-4-5-6-7-8-9-10-11-12-13-14-15-16-17-18-19-20-21-24(22-26,23(27)28)25(2)3/h19-20,26H,4-18,21-22H2,1-3H3,(H,27,28). The molecule has 0 aromatic heterocycles. The van der Waals surface area contributed by atoms with Crippen LogP contribution in [-0.4, -0.2) is 37.3 Å². The zero-order chi connectivity index (χ0) is 21.1. The third kappa shape index (κ3) is 12.6. The highest BCUT2D eigenvalue weighted by atomic mass is 16.4. The average Bonchev–Trinajstić information content (AvgIpc) is 2.66. The number of hydrogen-bond acceptors (Lipinski definition) is 3. The molecule has 1 unspecified atom stereocenters. The van der Waals surface area contributed by atoms with Gasteiger partial charge in [-0.3, -0.25) is 0 Å². The van der Waals surface area contributed by atoms with Gasteiger partial charge in [-0.25, -0.2) is 0 Å². The summed E-state index contributed by atoms with van der Waals surface area (Å²) in [7, 11) is 3.49. The molecule has 0 spiro atoms. The number of carbonyl (C=O) groups excluding carboxylic acids is 1. The van der Waals surface area contributed by atoms with Crippen molar-refractivity contribution < 1.29 is 19.9 Å². The number of carboxylic acid groups (broad SMARTS) is 1. The van der Waals surface area contributed by atoms with Crippen LogP contribution in [0.1, 0.15) is 110 Å². The Morgan fingerprint density at radius 1 is 0.821 bits per heavy atom. The fourth-order valence-corrected chi connectivity index (χ4v) is 3.64. The van der Waals surface area contributed by atoms with Crippen LogP contribution in [-0.2, 0) is 4.79 Å². The van der Waals surface area contributed by atoms with E-state index in [9.17, 15) is 15.0 Å². The Balaban J connectivity index is 3.52. The molecule has 4 heteroatoms. The van der Waals surface area contributed by atoms with Crippen LogP contribution in [0, 0.1) is 0 Å². The van der Waals surface area contributed by atoms with Crippen LogP contribution in [0.15, 0.2) is 12.2 Å². The van der Waals surface area contributed by atoms with Crippen LogP contribution < -0.4 is 10.0 Å². The van der Waals surface area contributed by atoms with E-state index < -0.39 is 18.1 Å². The topological polar surface area (TPSA) is 64.8 Å². The lowest BCUT2D eigenvalue weighted by molar-refractivity contribution is -0.907. The lowest BCUT2D eigenvalue weighted by atomic mass is 9.94. The van der Waals surface area contributed by atoms with Gasteiger partial charge in [-0.1, -0.05) is 103 Å². The van der Waals surface area contributed by atoms with Crippen molar-refractivity contribution in [2.45, 2.75) is 115 Å². The quantitative estimate of drug-likeness (QED) is 0.244. The molecule has 166 valence electrons. The van der Waals surface area contributed by atoms with Crippen molar-refractivity contribution in [2.24, 2.45) is 0 Å². The minimum absolute atomic E-state index is 0.312. The molecule has 0 amide bonds. The minimum atomic E-state index is -1.23. The zero-order valence-electron chi connectivity index (χ0n) is 18.9. The summed E-state index contributed by atoms with van der Waals surface area (Å²) in [6, 6.07) is 0. The molecule has 0 aliphatic carbocycles. The van der Waals surface area contributed by atoms with Gasteiger partial charge in [-0.05, 0) is 12.8 Å². The van der Waals surface area contributed by atoms with E-state index in [2.05, 4.69) is 13.0 Å². The molecular formula is C24H47NO3. The van der Waals surface area contributed by atoms with Gasteiger partial charge in [-0.15, -0.1) is 0 Å². The number of carbonyl (C=O) groups is 1. The number of carboxylic acids is 1. The van der Waals surface area contributed by atoms with E-state index in [4.69, 9.17) is 0 Å². The smallest absolute Gasteiger partial charge is 0.164 e. The molecule has 28 heavy (non-hydrogen) atoms. The summed E-state index contributed by atoms with van der Waals surface area (Å²) in [6.07, 6.45) is 24.2. The molecule has 4 nitrogen and oxygen atoms in total. The van der Waals surface area contributed by atoms with E-state index in [0.717, 1.165) is 12.8 Å². The minimum Gasteiger partial charge on any atom is -0.544 e. The van der Waals surface area contributed by atoms with E-state index in [-0.39, 0.29) is 0 Å². The first-order chi connectivity index (χ1) is 13.5. The van der Waals surface area contributed by atoms with Gasteiger partial charge in [0, 0.05) is 6.42 Å². The van der Waals surface area contributed by atoms with Crippen molar-refractivity contribution in [3.63, 3.8) is 0 Å². The predicted molar refractivity (Wildman–Crippen MR) is 116 cm³/mol. The van der Waals surface area contributed by atoms with Crippen molar-refractivity contribution >= 4 is 5.97 Å². The second kappa shape index (κ2) is 18.2. The summed E-state index contributed by atoms with van der Waals surface area (Å²) in [5, 5.41) is 20.8. The monoisotopic (exact) mass is 397 g/mol. The van der Waals surface area contributed by atoms with Gasteiger partial charge in [0.25, 0.3) is 0 Å². The maximum absolute atomic E-state index is 11.4. The second-order valence-electron chi connectivity index (χ2n) is 8.59. The van der Waals surface area contributed by atoms with Crippen molar-refractivity contribution in [3.8, 4) is 0 Å². The molecule has 0 rings (SSSR count). The Morgan fingerprint density at radius 3 is 1.61 bits per heavy atom. The van der Waals surface area contributed by atoms with Crippen molar-refractivity contribution in [1.82, 2.24) is 0 Å². The number of aliphatic hydroxyl groups excluding tert-OH is 1. The second-order valence-corrected chi connectivity index (χ2v) is 8.59. The van der Waals surface area contributed by atoms with E-state index in [1.54, 1.807) is 14.1 Å². The Labute approximate surface area is 174 Å². The molecule has 0 heterocycles. The normalized spacial score (nSPS) is 14.0. The summed E-state index contributed by atoms with van der Waals surface area (Å²) in [6.45, 7) is 1.87. The number of unbranched alkanes of at least 4 members (excludes halogenated alkanes) is 14. The highest BCUT2D eigenvalue weighted by Gasteiger charge is 2.36. The fraction of sp³-hybridized carbons (Fsp3) is 0.875. The number of aliphatic carboxylic acids is 1. The van der Waals surface area contributed by atoms with Crippen LogP contribution in [0.3, 0.4) is 0 Å². The number of likely N-dealkylation sites (N-methyl/N-ethyl adjacent to an activating group) is 1. The number of quaternary nitrogens is 1. The summed E-state index contributed by atoms with van der Waals surface area (Å²) in [4.78, 5) is 12.1. The first kappa shape index (κ1) is 27.1. The number of hydrogen-bond donors (Lipinski definition) is 2. The van der Waals surface area contributed by atoms with Gasteiger partial charge in [0.2, 0.25) is 0 Å². The SMILES string of the molecule is CCCCCCCCCCCCCCCCC=CCC(CO)(C(=O)[O-])[NH+](C)C. The molecule has 0 aromatic carbocycles. The number of allylic oxidation sites excluding steroid dienone is 1. The number of aliphatic hydroxyl groups is 1. The van der Waals surface area contributed by atoms with E-state index in [1.165, 1.54) is 83.5 Å². The zero-order valence-corrected chi connectivity index (χ0v) is 18.9. The van der Waals surface area contributed by atoms with E-state index >= 15 is 0 Å². The van der Waals surface area contributed by atoms with Crippen LogP contribution in [0.25, 0.3) is 0 Å². The molecule has 0 fully saturated rings. The van der Waals surface area contributed by atoms with Crippen LogP contribution in [0.4, 0.5) is 0 Å². The Morgan fingerprint density at radius 2 is 1.25 bits per heavy atom. The molecule has 1 atom stereocenters. The van der Waals surface area contributed by atoms with Gasteiger partial charge >= 0.3 is 0 Å². The molecule has 0 aromatic rings. The first-order valence-electron chi connectivity index (χ1n) is 11.8. The highest BCUT2D eigenvalue weighted by Crippen LogP contribution is 2.13. The predicted octanol–water partition coefficient (Wildman–Crippen LogP) is 3.43. The molecular weight excluding hydrogens is 350 g/mol. The summed E-state index contributed by atoms with van der Waals surface area (Å²) >= 11 is 0. The molecule has 0 saturated carbocycles. The highest BCUT2D eigenvalue weighted by molar-refractivity contribution is 5.75. The third-order valence-electron chi connectivity index (χ3n) is 5.98. The van der Waals surface area contributed by atoms with Gasteiger partial charge in [-0.2, -0.15) is 0 Å². The molecule has 0 radical (unpaired) electrons. The lowest BCUT2D eigenvalue weighted by Crippen LogP contribution is -3.18. The largest absolute Gasteiger partial charge is 0.544 e. The maximum atomic E-state index is 11.4. The van der Waals surface area contributed by atoms with E-state index in [0.29, 0.717) is 11.3 Å². The summed E-state index contributed by atoms with van der Waals surface area (Å²) in [5.41, 5.74) is -1.23. The Hall–Kier alpha value is -0.870. The Kier molecular flexibility index (Phi) is 17.6. The Bertz CT molecular complexity index is 395. The van der Waals surface area contributed by atoms with Crippen molar-refractivity contribution in [3.05, 3.63) is 12.2 Å². The van der Waals surface area contributed by atoms with Gasteiger partial charge in [0.1, 0.15) is 12.6 Å². The van der Waals surface area contributed by atoms with Crippen LogP contribution in [0.2, 0.25) is 0 Å². The molecule has 0 aliphatic rings. The average molecular weight is 398 g/mol. The molecule has 0 aliphatic heterocycles. The molecule has 2 N–H and O–H groups in total. The third-order valence-corrected chi connectivity index (χ3v) is 5.98. The first-order valence-corrected chi connectivity index (χ1v) is 11.8. The summed E-state index contributed by atoms with van der Waals surface area (Å²) < 4.78 is 0. The maximum Gasteiger partial charge on any atom is 0.164 e. The number of nitrogens with one attached hydrogen (secondary N) is 1. The van der Waals surface area contributed by atoms with Gasteiger partial charge in [0.15, 0.2) is 5.54 Å². The van der Waals surface area contributed by atoms with Crippen molar-refractivity contribution in [2.75, 3.05) is 20.7 Å². The summed E-state index contributed by atoms with van der Waals surface area (Å²) in [5.74, 6) is -1.18. The lowest BCUT2D eigenvalue weighted by Gasteiger charge is -2.34. The molecule has 0 saturated heterocycles. The van der Waals surface area contributed by atoms with Crippen LogP contribution >= 0.6 is 0 Å². The fourth-order valence-electron chi connectivity index (χ4n) is 3.64. The number of rotatable bonds is 20. The molecule has 0 bridgehead atoms. The van der Waals surface area contributed by atoms with Gasteiger partial charge < -0.3 is 19.9 Å².